The molecule has 4 aromatic carbocycles. The molecule has 4 heteroatoms. The molecule has 4 aromatic rings. The molecule has 0 aliphatic rings. The third-order valence-electron chi connectivity index (χ3n) is 4.56. The van der Waals surface area contributed by atoms with Crippen molar-refractivity contribution in [3.63, 3.8) is 0 Å². The SMILES string of the molecule is Clc1ccc(-c2c(-c3ccccc3Br)ccc(Cl)c2-c2cccc(Cl)c2)cc1. The molecule has 4 rings (SSSR count). The average molecular weight is 489 g/mol. The third kappa shape index (κ3) is 3.86. The molecule has 0 radical (unpaired) electrons. The highest BCUT2D eigenvalue weighted by atomic mass is 79.9. The summed E-state index contributed by atoms with van der Waals surface area (Å²) in [6.45, 7) is 0. The van der Waals surface area contributed by atoms with E-state index in [0.717, 1.165) is 37.9 Å². The van der Waals surface area contributed by atoms with E-state index in [9.17, 15) is 0 Å². The fourth-order valence-corrected chi connectivity index (χ4v) is 4.41. The highest BCUT2D eigenvalue weighted by Crippen LogP contribution is 2.45. The van der Waals surface area contributed by atoms with Crippen molar-refractivity contribution in [3.8, 4) is 33.4 Å². The molecule has 0 saturated heterocycles. The summed E-state index contributed by atoms with van der Waals surface area (Å²) in [7, 11) is 0. The van der Waals surface area contributed by atoms with Gasteiger partial charge < -0.3 is 0 Å². The first-order valence-electron chi connectivity index (χ1n) is 8.64. The number of hydrogen-bond acceptors (Lipinski definition) is 0. The van der Waals surface area contributed by atoms with Crippen LogP contribution in [0.1, 0.15) is 0 Å². The Kier molecular flexibility index (Phi) is 5.80. The van der Waals surface area contributed by atoms with Crippen LogP contribution in [0.3, 0.4) is 0 Å². The zero-order valence-corrected chi connectivity index (χ0v) is 18.4. The normalized spacial score (nSPS) is 10.9. The Morgan fingerprint density at radius 3 is 2.00 bits per heavy atom. The lowest BCUT2D eigenvalue weighted by atomic mass is 9.87. The van der Waals surface area contributed by atoms with Gasteiger partial charge >= 0.3 is 0 Å². The topological polar surface area (TPSA) is 0 Å². The van der Waals surface area contributed by atoms with Crippen LogP contribution in [0.4, 0.5) is 0 Å². The Labute approximate surface area is 187 Å². The van der Waals surface area contributed by atoms with E-state index < -0.39 is 0 Å². The molecule has 0 bridgehead atoms. The summed E-state index contributed by atoms with van der Waals surface area (Å²) < 4.78 is 1.02. The molecule has 0 aliphatic heterocycles. The lowest BCUT2D eigenvalue weighted by molar-refractivity contribution is 1.54. The molecule has 0 aromatic heterocycles. The number of hydrogen-bond donors (Lipinski definition) is 0. The van der Waals surface area contributed by atoms with E-state index >= 15 is 0 Å². The van der Waals surface area contributed by atoms with Crippen LogP contribution in [0, 0.1) is 0 Å². The quantitative estimate of drug-likeness (QED) is 0.269. The van der Waals surface area contributed by atoms with Crippen LogP contribution in [0.25, 0.3) is 33.4 Å². The minimum absolute atomic E-state index is 0.668. The molecule has 0 spiro atoms. The molecule has 0 nitrogen and oxygen atoms in total. The Bertz CT molecular complexity index is 1150. The Morgan fingerprint density at radius 2 is 1.29 bits per heavy atom. The first kappa shape index (κ1) is 19.5. The molecule has 0 aliphatic carbocycles. The molecule has 28 heavy (non-hydrogen) atoms. The summed E-state index contributed by atoms with van der Waals surface area (Å²) in [6, 6.07) is 27.7. The van der Waals surface area contributed by atoms with Crippen molar-refractivity contribution in [1.29, 1.82) is 0 Å². The van der Waals surface area contributed by atoms with Gasteiger partial charge in [0.05, 0.1) is 0 Å². The first-order chi connectivity index (χ1) is 13.5. The molecule has 0 atom stereocenters. The second kappa shape index (κ2) is 8.31. The first-order valence-corrected chi connectivity index (χ1v) is 10.6. The summed E-state index contributed by atoms with van der Waals surface area (Å²) in [4.78, 5) is 0. The van der Waals surface area contributed by atoms with E-state index in [1.54, 1.807) is 0 Å². The summed E-state index contributed by atoms with van der Waals surface area (Å²) in [5.41, 5.74) is 6.16. The molecule has 0 amide bonds. The van der Waals surface area contributed by atoms with Crippen LogP contribution in [-0.2, 0) is 0 Å². The minimum atomic E-state index is 0.668. The predicted molar refractivity (Wildman–Crippen MR) is 125 cm³/mol. The maximum Gasteiger partial charge on any atom is 0.0491 e. The Balaban J connectivity index is 2.10. The van der Waals surface area contributed by atoms with Crippen molar-refractivity contribution in [3.05, 3.63) is 104 Å². The fourth-order valence-electron chi connectivity index (χ4n) is 3.32. The van der Waals surface area contributed by atoms with Crippen molar-refractivity contribution in [2.45, 2.75) is 0 Å². The summed E-state index contributed by atoms with van der Waals surface area (Å²) in [5.74, 6) is 0. The van der Waals surface area contributed by atoms with Gasteiger partial charge in [-0.3, -0.25) is 0 Å². The molecule has 0 heterocycles. The van der Waals surface area contributed by atoms with E-state index in [2.05, 4.69) is 28.1 Å². The second-order valence-electron chi connectivity index (χ2n) is 6.34. The smallest absolute Gasteiger partial charge is 0.0491 e. The zero-order chi connectivity index (χ0) is 19.7. The van der Waals surface area contributed by atoms with Gasteiger partial charge in [0.15, 0.2) is 0 Å². The van der Waals surface area contributed by atoms with E-state index in [4.69, 9.17) is 34.8 Å². The van der Waals surface area contributed by atoms with E-state index in [1.165, 1.54) is 0 Å². The van der Waals surface area contributed by atoms with Crippen molar-refractivity contribution in [2.75, 3.05) is 0 Å². The van der Waals surface area contributed by atoms with Gasteiger partial charge in [0.25, 0.3) is 0 Å². The minimum Gasteiger partial charge on any atom is -0.0843 e. The third-order valence-corrected chi connectivity index (χ3v) is 6.06. The van der Waals surface area contributed by atoms with Crippen molar-refractivity contribution in [1.82, 2.24) is 0 Å². The average Bonchev–Trinajstić information content (AvgIpc) is 2.69. The van der Waals surface area contributed by atoms with Crippen LogP contribution in [-0.4, -0.2) is 0 Å². The molecule has 0 saturated carbocycles. The van der Waals surface area contributed by atoms with Gasteiger partial charge in [-0.25, -0.2) is 0 Å². The van der Waals surface area contributed by atoms with Gasteiger partial charge in [0.2, 0.25) is 0 Å². The second-order valence-corrected chi connectivity index (χ2v) is 8.48. The molecule has 0 unspecified atom stereocenters. The number of halogens is 4. The van der Waals surface area contributed by atoms with Crippen LogP contribution in [0.2, 0.25) is 15.1 Å². The molecule has 0 fully saturated rings. The van der Waals surface area contributed by atoms with Crippen LogP contribution in [0.15, 0.2) is 89.4 Å². The predicted octanol–water partition coefficient (Wildman–Crippen LogP) is 9.41. The van der Waals surface area contributed by atoms with E-state index in [-0.39, 0.29) is 0 Å². The van der Waals surface area contributed by atoms with Crippen LogP contribution >= 0.6 is 50.7 Å². The molecular formula is C24H14BrCl3. The lowest BCUT2D eigenvalue weighted by Gasteiger charge is -2.19. The Hall–Kier alpha value is -1.77. The fraction of sp³-hybridized carbons (Fsp3) is 0. The van der Waals surface area contributed by atoms with Gasteiger partial charge in [0.1, 0.15) is 0 Å². The number of rotatable bonds is 3. The number of benzene rings is 4. The highest BCUT2D eigenvalue weighted by molar-refractivity contribution is 9.10. The largest absolute Gasteiger partial charge is 0.0843 e. The maximum absolute atomic E-state index is 6.72. The summed E-state index contributed by atoms with van der Waals surface area (Å²) in [6.07, 6.45) is 0. The van der Waals surface area contributed by atoms with Gasteiger partial charge in [-0.2, -0.15) is 0 Å². The molecular weight excluding hydrogens is 475 g/mol. The highest BCUT2D eigenvalue weighted by Gasteiger charge is 2.18. The van der Waals surface area contributed by atoms with Gasteiger partial charge in [-0.05, 0) is 64.2 Å². The van der Waals surface area contributed by atoms with E-state index in [0.29, 0.717) is 15.1 Å². The summed E-state index contributed by atoms with van der Waals surface area (Å²) >= 11 is 22.8. The standard InChI is InChI=1S/C24H14BrCl3/c25-21-7-2-1-6-19(21)20-12-13-22(28)24(16-4-3-5-18(27)14-16)23(20)15-8-10-17(26)11-9-15/h1-14H. The Morgan fingerprint density at radius 1 is 0.536 bits per heavy atom. The van der Waals surface area contributed by atoms with Gasteiger partial charge in [-0.15, -0.1) is 0 Å². The molecule has 0 N–H and O–H groups in total. The lowest BCUT2D eigenvalue weighted by Crippen LogP contribution is -1.92. The van der Waals surface area contributed by atoms with Crippen molar-refractivity contribution >= 4 is 50.7 Å². The van der Waals surface area contributed by atoms with E-state index in [1.807, 2.05) is 72.8 Å². The van der Waals surface area contributed by atoms with Crippen LogP contribution < -0.4 is 0 Å². The van der Waals surface area contributed by atoms with Crippen molar-refractivity contribution in [2.24, 2.45) is 0 Å². The van der Waals surface area contributed by atoms with Gasteiger partial charge in [-0.1, -0.05) is 99.3 Å². The van der Waals surface area contributed by atoms with Crippen molar-refractivity contribution < 1.29 is 0 Å². The van der Waals surface area contributed by atoms with Crippen LogP contribution in [0.5, 0.6) is 0 Å². The van der Waals surface area contributed by atoms with Gasteiger partial charge in [0, 0.05) is 25.1 Å². The summed E-state index contributed by atoms with van der Waals surface area (Å²) in [5, 5.41) is 2.03. The monoisotopic (exact) mass is 486 g/mol. The maximum atomic E-state index is 6.72. The zero-order valence-electron chi connectivity index (χ0n) is 14.6. The molecule has 138 valence electrons.